The molecule has 3 amide bonds. The lowest BCUT2D eigenvalue weighted by atomic mass is 10.1. The Morgan fingerprint density at radius 1 is 1.03 bits per heavy atom. The molecule has 1 N–H and O–H groups in total. The first kappa shape index (κ1) is 23.9. The molecule has 0 aliphatic carbocycles. The zero-order chi connectivity index (χ0) is 21.8. The molecule has 32 heavy (non-hydrogen) atoms. The van der Waals surface area contributed by atoms with Crippen molar-refractivity contribution < 1.29 is 19.1 Å². The van der Waals surface area contributed by atoms with Crippen molar-refractivity contribution in [3.63, 3.8) is 0 Å². The van der Waals surface area contributed by atoms with E-state index in [1.165, 1.54) is 11.0 Å². The number of morpholine rings is 1. The summed E-state index contributed by atoms with van der Waals surface area (Å²) in [4.78, 5) is 41.8. The average molecular weight is 458 g/mol. The molecule has 0 saturated carbocycles. The largest absolute Gasteiger partial charge is 0.379 e. The first-order valence-corrected chi connectivity index (χ1v) is 10.7. The Kier molecular flexibility index (Phi) is 8.01. The molecule has 0 spiro atoms. The summed E-state index contributed by atoms with van der Waals surface area (Å²) in [6.07, 6.45) is 0.846. The minimum Gasteiger partial charge on any atom is -0.379 e. The highest BCUT2D eigenvalue weighted by molar-refractivity contribution is 6.22. The van der Waals surface area contributed by atoms with Crippen LogP contribution in [0.1, 0.15) is 48.6 Å². The first-order chi connectivity index (χ1) is 15.0. The highest BCUT2D eigenvalue weighted by Crippen LogP contribution is 2.26. The minimum absolute atomic E-state index is 0. The molecule has 0 aromatic heterocycles. The predicted octanol–water partition coefficient (Wildman–Crippen LogP) is 2.67. The van der Waals surface area contributed by atoms with Gasteiger partial charge in [0.05, 0.1) is 30.9 Å². The number of imide groups is 1. The van der Waals surface area contributed by atoms with Crippen LogP contribution in [-0.4, -0.2) is 66.9 Å². The maximum atomic E-state index is 12.9. The summed E-state index contributed by atoms with van der Waals surface area (Å²) in [7, 11) is 0. The molecule has 1 fully saturated rings. The van der Waals surface area contributed by atoms with E-state index in [9.17, 15) is 14.4 Å². The van der Waals surface area contributed by atoms with Crippen LogP contribution in [0.4, 0.5) is 0 Å². The average Bonchev–Trinajstić information content (AvgIpc) is 3.03. The zero-order valence-electron chi connectivity index (χ0n) is 18.1. The van der Waals surface area contributed by atoms with Crippen molar-refractivity contribution in [2.75, 3.05) is 39.4 Å². The van der Waals surface area contributed by atoms with Gasteiger partial charge in [-0.25, -0.2) is 0 Å². The highest BCUT2D eigenvalue weighted by Gasteiger charge is 2.36. The van der Waals surface area contributed by atoms with E-state index in [1.54, 1.807) is 12.1 Å². The van der Waals surface area contributed by atoms with Gasteiger partial charge in [0.2, 0.25) is 0 Å². The fraction of sp³-hybridized carbons (Fsp3) is 0.375. The Labute approximate surface area is 194 Å². The molecule has 7 nitrogen and oxygen atoms in total. The van der Waals surface area contributed by atoms with Gasteiger partial charge in [-0.15, -0.1) is 12.4 Å². The number of rotatable bonds is 7. The quantitative estimate of drug-likeness (QED) is 0.511. The number of hydrogen-bond acceptors (Lipinski definition) is 5. The van der Waals surface area contributed by atoms with E-state index in [-0.39, 0.29) is 36.7 Å². The van der Waals surface area contributed by atoms with E-state index in [0.717, 1.165) is 50.4 Å². The van der Waals surface area contributed by atoms with Crippen molar-refractivity contribution in [3.8, 4) is 0 Å². The van der Waals surface area contributed by atoms with Crippen LogP contribution in [0.2, 0.25) is 0 Å². The molecule has 0 radical (unpaired) electrons. The second kappa shape index (κ2) is 10.7. The maximum Gasteiger partial charge on any atom is 0.261 e. The Balaban J connectivity index is 0.00000289. The zero-order valence-corrected chi connectivity index (χ0v) is 19.0. The number of ether oxygens (including phenoxy) is 1. The molecule has 8 heteroatoms. The minimum atomic E-state index is -0.356. The van der Waals surface area contributed by atoms with Crippen LogP contribution in [0.25, 0.3) is 0 Å². The van der Waals surface area contributed by atoms with Crippen molar-refractivity contribution in [2.24, 2.45) is 0 Å². The van der Waals surface area contributed by atoms with Gasteiger partial charge in [-0.3, -0.25) is 24.2 Å². The lowest BCUT2D eigenvalue weighted by molar-refractivity contribution is 0.0374. The fourth-order valence-electron chi connectivity index (χ4n) is 3.96. The molecule has 0 bridgehead atoms. The molecule has 2 aliphatic heterocycles. The van der Waals surface area contributed by atoms with Gasteiger partial charge in [-0.1, -0.05) is 24.3 Å². The SMILES string of the molecule is Cc1ccccc1CN1C(=O)c2ccc(C(=O)NCCCN3CCOCC3)cc2C1=O.Cl. The third-order valence-corrected chi connectivity index (χ3v) is 5.86. The number of aryl methyl sites for hydroxylation is 1. The van der Waals surface area contributed by atoms with Gasteiger partial charge in [0.15, 0.2) is 0 Å². The van der Waals surface area contributed by atoms with Crippen LogP contribution < -0.4 is 5.32 Å². The van der Waals surface area contributed by atoms with Crippen LogP contribution in [0.3, 0.4) is 0 Å². The number of nitrogens with one attached hydrogen (secondary N) is 1. The lowest BCUT2D eigenvalue weighted by Gasteiger charge is -2.26. The fourth-order valence-corrected chi connectivity index (χ4v) is 3.96. The number of amides is 3. The topological polar surface area (TPSA) is 79.0 Å². The van der Waals surface area contributed by atoms with E-state index >= 15 is 0 Å². The molecular weight excluding hydrogens is 430 g/mol. The Hall–Kier alpha value is -2.74. The van der Waals surface area contributed by atoms with Crippen molar-refractivity contribution in [1.29, 1.82) is 0 Å². The lowest BCUT2D eigenvalue weighted by Crippen LogP contribution is -2.38. The molecule has 2 aromatic rings. The molecule has 2 heterocycles. The molecule has 170 valence electrons. The van der Waals surface area contributed by atoms with E-state index in [4.69, 9.17) is 4.74 Å². The van der Waals surface area contributed by atoms with Crippen molar-refractivity contribution >= 4 is 30.1 Å². The molecule has 0 atom stereocenters. The summed E-state index contributed by atoms with van der Waals surface area (Å²) in [5, 5.41) is 2.91. The summed E-state index contributed by atoms with van der Waals surface area (Å²) >= 11 is 0. The number of carbonyl (C=O) groups excluding carboxylic acids is 3. The highest BCUT2D eigenvalue weighted by atomic mass is 35.5. The number of benzene rings is 2. The monoisotopic (exact) mass is 457 g/mol. The van der Waals surface area contributed by atoms with E-state index < -0.39 is 0 Å². The van der Waals surface area contributed by atoms with Gasteiger partial charge in [-0.05, 0) is 49.2 Å². The Bertz CT molecular complexity index is 1000. The first-order valence-electron chi connectivity index (χ1n) is 10.7. The van der Waals surface area contributed by atoms with Gasteiger partial charge in [0.25, 0.3) is 17.7 Å². The Morgan fingerprint density at radius 3 is 2.50 bits per heavy atom. The van der Waals surface area contributed by atoms with E-state index in [0.29, 0.717) is 23.2 Å². The molecular formula is C24H28ClN3O4. The molecule has 0 unspecified atom stereocenters. The summed E-state index contributed by atoms with van der Waals surface area (Å²) in [6, 6.07) is 12.4. The predicted molar refractivity (Wildman–Crippen MR) is 123 cm³/mol. The van der Waals surface area contributed by atoms with E-state index in [1.807, 2.05) is 31.2 Å². The number of carbonyl (C=O) groups is 3. The second-order valence-corrected chi connectivity index (χ2v) is 7.95. The van der Waals surface area contributed by atoms with Crippen molar-refractivity contribution in [2.45, 2.75) is 19.9 Å². The third-order valence-electron chi connectivity index (χ3n) is 5.86. The van der Waals surface area contributed by atoms with Gasteiger partial charge in [0, 0.05) is 25.2 Å². The third kappa shape index (κ3) is 5.18. The van der Waals surface area contributed by atoms with Gasteiger partial charge >= 0.3 is 0 Å². The number of nitrogens with zero attached hydrogens (tertiary/aromatic N) is 2. The number of halogens is 1. The molecule has 2 aromatic carbocycles. The summed E-state index contributed by atoms with van der Waals surface area (Å²) in [6.45, 7) is 7.01. The van der Waals surface area contributed by atoms with Gasteiger partial charge < -0.3 is 10.1 Å². The maximum absolute atomic E-state index is 12.9. The summed E-state index contributed by atoms with van der Waals surface area (Å²) in [5.74, 6) is -0.909. The van der Waals surface area contributed by atoms with Crippen LogP contribution in [-0.2, 0) is 11.3 Å². The van der Waals surface area contributed by atoms with Crippen LogP contribution in [0, 0.1) is 6.92 Å². The van der Waals surface area contributed by atoms with E-state index in [2.05, 4.69) is 10.2 Å². The second-order valence-electron chi connectivity index (χ2n) is 7.95. The van der Waals surface area contributed by atoms with Gasteiger partial charge in [-0.2, -0.15) is 0 Å². The standard InChI is InChI=1S/C24H27N3O4.ClH/c1-17-5-2-3-6-19(17)16-27-23(29)20-8-7-18(15-21(20)24(27)30)22(28)25-9-4-10-26-11-13-31-14-12-26;/h2-3,5-8,15H,4,9-14,16H2,1H3,(H,25,28);1H. The molecule has 1 saturated heterocycles. The normalized spacial score (nSPS) is 16.0. The summed E-state index contributed by atoms with van der Waals surface area (Å²) in [5.41, 5.74) is 2.98. The van der Waals surface area contributed by atoms with Crippen molar-refractivity contribution in [3.05, 3.63) is 70.3 Å². The van der Waals surface area contributed by atoms with Crippen molar-refractivity contribution in [1.82, 2.24) is 15.1 Å². The molecule has 4 rings (SSSR count). The number of fused-ring (bicyclic) bond motifs is 1. The summed E-state index contributed by atoms with van der Waals surface area (Å²) < 4.78 is 5.34. The van der Waals surface area contributed by atoms with Crippen LogP contribution >= 0.6 is 12.4 Å². The van der Waals surface area contributed by atoms with Crippen LogP contribution in [0.5, 0.6) is 0 Å². The van der Waals surface area contributed by atoms with Crippen LogP contribution in [0.15, 0.2) is 42.5 Å². The smallest absolute Gasteiger partial charge is 0.261 e. The number of hydrogen-bond donors (Lipinski definition) is 1. The molecule has 2 aliphatic rings. The Morgan fingerprint density at radius 2 is 1.75 bits per heavy atom. The van der Waals surface area contributed by atoms with Gasteiger partial charge in [0.1, 0.15) is 0 Å².